The van der Waals surface area contributed by atoms with Crippen LogP contribution in [0.5, 0.6) is 11.5 Å². The van der Waals surface area contributed by atoms with E-state index >= 15 is 0 Å². The third-order valence-electron chi connectivity index (χ3n) is 3.49. The average Bonchev–Trinajstić information content (AvgIpc) is 2.47. The molecular formula is C17H19BrO2. The maximum absolute atomic E-state index is 9.13. The van der Waals surface area contributed by atoms with E-state index in [0.29, 0.717) is 5.92 Å². The van der Waals surface area contributed by atoms with Crippen LogP contribution in [0.2, 0.25) is 0 Å². The van der Waals surface area contributed by atoms with Crippen molar-refractivity contribution in [1.82, 2.24) is 0 Å². The predicted molar refractivity (Wildman–Crippen MR) is 85.3 cm³/mol. The Labute approximate surface area is 128 Å². The molecule has 0 aliphatic rings. The Hall–Kier alpha value is -1.32. The Bertz CT molecular complexity index is 564. The van der Waals surface area contributed by atoms with Crippen LogP contribution in [0.1, 0.15) is 37.3 Å². The highest BCUT2D eigenvalue weighted by molar-refractivity contribution is 9.10. The molecule has 106 valence electrons. The van der Waals surface area contributed by atoms with E-state index in [1.54, 1.807) is 0 Å². The molecular weight excluding hydrogens is 316 g/mol. The van der Waals surface area contributed by atoms with Gasteiger partial charge in [0.25, 0.3) is 0 Å². The summed E-state index contributed by atoms with van der Waals surface area (Å²) >= 11 is 3.42. The molecule has 0 aromatic heterocycles. The first-order valence-electron chi connectivity index (χ1n) is 6.81. The van der Waals surface area contributed by atoms with Crippen molar-refractivity contribution < 1.29 is 9.84 Å². The van der Waals surface area contributed by atoms with Crippen molar-refractivity contribution in [2.24, 2.45) is 0 Å². The highest BCUT2D eigenvalue weighted by Crippen LogP contribution is 2.28. The van der Waals surface area contributed by atoms with Gasteiger partial charge in [0.2, 0.25) is 0 Å². The van der Waals surface area contributed by atoms with E-state index in [2.05, 4.69) is 41.9 Å². The summed E-state index contributed by atoms with van der Waals surface area (Å²) in [5.41, 5.74) is 2.18. The minimum absolute atomic E-state index is 0.0183. The molecule has 1 atom stereocenters. The second kappa shape index (κ2) is 6.91. The number of hydrogen-bond donors (Lipinski definition) is 1. The van der Waals surface area contributed by atoms with E-state index < -0.39 is 0 Å². The third kappa shape index (κ3) is 3.62. The molecule has 1 N–H and O–H groups in total. The van der Waals surface area contributed by atoms with Crippen LogP contribution < -0.4 is 4.74 Å². The number of aliphatic hydroxyl groups excluding tert-OH is 1. The summed E-state index contributed by atoms with van der Waals surface area (Å²) in [4.78, 5) is 0. The molecule has 0 radical (unpaired) electrons. The monoisotopic (exact) mass is 334 g/mol. The first-order chi connectivity index (χ1) is 9.63. The molecule has 0 fully saturated rings. The maximum atomic E-state index is 9.13. The van der Waals surface area contributed by atoms with E-state index in [-0.39, 0.29) is 6.61 Å². The van der Waals surface area contributed by atoms with Gasteiger partial charge >= 0.3 is 0 Å². The van der Waals surface area contributed by atoms with Crippen LogP contribution in [0.4, 0.5) is 0 Å². The fraction of sp³-hybridized carbons (Fsp3) is 0.294. The quantitative estimate of drug-likeness (QED) is 0.809. The van der Waals surface area contributed by atoms with Gasteiger partial charge in [0, 0.05) is 4.47 Å². The molecule has 0 bridgehead atoms. The Morgan fingerprint density at radius 2 is 1.75 bits per heavy atom. The number of ether oxygens (including phenoxy) is 1. The molecule has 2 aromatic carbocycles. The van der Waals surface area contributed by atoms with Gasteiger partial charge in [-0.15, -0.1) is 0 Å². The zero-order valence-electron chi connectivity index (χ0n) is 11.8. The van der Waals surface area contributed by atoms with Crippen molar-refractivity contribution in [3.05, 3.63) is 58.1 Å². The van der Waals surface area contributed by atoms with Crippen molar-refractivity contribution in [3.8, 4) is 11.5 Å². The lowest BCUT2D eigenvalue weighted by Crippen LogP contribution is -1.92. The lowest BCUT2D eigenvalue weighted by Gasteiger charge is -2.11. The molecule has 0 heterocycles. The highest BCUT2D eigenvalue weighted by atomic mass is 79.9. The molecule has 0 spiro atoms. The van der Waals surface area contributed by atoms with Gasteiger partial charge in [-0.05, 0) is 47.7 Å². The summed E-state index contributed by atoms with van der Waals surface area (Å²) in [7, 11) is 0. The summed E-state index contributed by atoms with van der Waals surface area (Å²) < 4.78 is 6.67. The molecule has 2 rings (SSSR count). The maximum Gasteiger partial charge on any atom is 0.128 e. The Kier molecular flexibility index (Phi) is 5.21. The third-order valence-corrected chi connectivity index (χ3v) is 4.23. The van der Waals surface area contributed by atoms with Crippen molar-refractivity contribution >= 4 is 15.9 Å². The average molecular weight is 335 g/mol. The van der Waals surface area contributed by atoms with Crippen molar-refractivity contribution in [2.45, 2.75) is 32.8 Å². The van der Waals surface area contributed by atoms with Gasteiger partial charge in [0.05, 0.1) is 6.61 Å². The van der Waals surface area contributed by atoms with Crippen LogP contribution >= 0.6 is 15.9 Å². The zero-order chi connectivity index (χ0) is 14.5. The van der Waals surface area contributed by atoms with Crippen LogP contribution in [-0.2, 0) is 6.61 Å². The predicted octanol–water partition coefficient (Wildman–Crippen LogP) is 5.25. The fourth-order valence-electron chi connectivity index (χ4n) is 1.96. The van der Waals surface area contributed by atoms with Gasteiger partial charge in [-0.2, -0.15) is 0 Å². The Morgan fingerprint density at radius 3 is 2.30 bits per heavy atom. The molecule has 0 saturated heterocycles. The van der Waals surface area contributed by atoms with Crippen LogP contribution in [0.15, 0.2) is 46.9 Å². The van der Waals surface area contributed by atoms with E-state index in [4.69, 9.17) is 9.84 Å². The lowest BCUT2D eigenvalue weighted by atomic mass is 9.99. The smallest absolute Gasteiger partial charge is 0.128 e. The van der Waals surface area contributed by atoms with Crippen molar-refractivity contribution in [3.63, 3.8) is 0 Å². The Balaban J connectivity index is 2.12. The minimum Gasteiger partial charge on any atom is -0.457 e. The molecule has 3 heteroatoms. The van der Waals surface area contributed by atoms with Crippen molar-refractivity contribution in [1.29, 1.82) is 0 Å². The summed E-state index contributed by atoms with van der Waals surface area (Å²) in [6, 6.07) is 13.8. The first-order valence-corrected chi connectivity index (χ1v) is 7.60. The van der Waals surface area contributed by atoms with Crippen molar-refractivity contribution in [2.75, 3.05) is 0 Å². The zero-order valence-corrected chi connectivity index (χ0v) is 13.4. The molecule has 0 aliphatic carbocycles. The van der Waals surface area contributed by atoms with Gasteiger partial charge in [-0.3, -0.25) is 0 Å². The van der Waals surface area contributed by atoms with E-state index in [9.17, 15) is 0 Å². The second-order valence-electron chi connectivity index (χ2n) is 4.89. The summed E-state index contributed by atoms with van der Waals surface area (Å²) in [5.74, 6) is 2.15. The van der Waals surface area contributed by atoms with Gasteiger partial charge < -0.3 is 9.84 Å². The number of halogens is 1. The highest BCUT2D eigenvalue weighted by Gasteiger charge is 2.05. The van der Waals surface area contributed by atoms with Gasteiger partial charge in [-0.1, -0.05) is 48.0 Å². The SMILES string of the molecule is CCC(C)c1ccc(Oc2ccc(CO)c(Br)c2)cc1. The number of hydrogen-bond acceptors (Lipinski definition) is 2. The van der Waals surface area contributed by atoms with Crippen LogP contribution in [0, 0.1) is 0 Å². The van der Waals surface area contributed by atoms with Crippen LogP contribution in [0.3, 0.4) is 0 Å². The second-order valence-corrected chi connectivity index (χ2v) is 5.75. The summed E-state index contributed by atoms with van der Waals surface area (Å²) in [6.07, 6.45) is 1.13. The molecule has 0 saturated carbocycles. The largest absolute Gasteiger partial charge is 0.457 e. The minimum atomic E-state index is 0.0183. The van der Waals surface area contributed by atoms with Crippen LogP contribution in [0.25, 0.3) is 0 Å². The molecule has 0 aliphatic heterocycles. The topological polar surface area (TPSA) is 29.5 Å². The molecule has 1 unspecified atom stereocenters. The summed E-state index contributed by atoms with van der Waals surface area (Å²) in [6.45, 7) is 4.43. The number of rotatable bonds is 5. The van der Waals surface area contributed by atoms with Gasteiger partial charge in [0.1, 0.15) is 11.5 Å². The van der Waals surface area contributed by atoms with E-state index in [1.165, 1.54) is 5.56 Å². The van der Waals surface area contributed by atoms with Gasteiger partial charge in [-0.25, -0.2) is 0 Å². The Morgan fingerprint density at radius 1 is 1.10 bits per heavy atom. The number of benzene rings is 2. The molecule has 2 aromatic rings. The first kappa shape index (κ1) is 15.1. The lowest BCUT2D eigenvalue weighted by molar-refractivity contribution is 0.281. The molecule has 2 nitrogen and oxygen atoms in total. The number of aliphatic hydroxyl groups is 1. The van der Waals surface area contributed by atoms with Gasteiger partial charge in [0.15, 0.2) is 0 Å². The van der Waals surface area contributed by atoms with E-state index in [1.807, 2.05) is 30.3 Å². The molecule has 0 amide bonds. The van der Waals surface area contributed by atoms with E-state index in [0.717, 1.165) is 28.0 Å². The molecule has 20 heavy (non-hydrogen) atoms. The normalized spacial score (nSPS) is 12.2. The summed E-state index contributed by atoms with van der Waals surface area (Å²) in [5, 5.41) is 9.13. The van der Waals surface area contributed by atoms with Crippen LogP contribution in [-0.4, -0.2) is 5.11 Å². The standard InChI is InChI=1S/C17H19BrO2/c1-3-12(2)13-4-7-15(8-5-13)20-16-9-6-14(11-19)17(18)10-16/h4-10,12,19H,3,11H2,1-2H3. The fourth-order valence-corrected chi connectivity index (χ4v) is 2.44.